The van der Waals surface area contributed by atoms with Crippen LogP contribution in [0.4, 0.5) is 4.39 Å². The molecule has 2 rings (SSSR count). The van der Waals surface area contributed by atoms with Crippen molar-refractivity contribution in [3.05, 3.63) is 59.4 Å². The van der Waals surface area contributed by atoms with Gasteiger partial charge in [-0.15, -0.1) is 0 Å². The summed E-state index contributed by atoms with van der Waals surface area (Å²) in [6, 6.07) is 11.3. The van der Waals surface area contributed by atoms with Gasteiger partial charge in [-0.25, -0.2) is 4.39 Å². The molecule has 116 valence electrons. The first-order valence-corrected chi connectivity index (χ1v) is 6.84. The lowest BCUT2D eigenvalue weighted by molar-refractivity contribution is -0.120. The highest BCUT2D eigenvalue weighted by molar-refractivity contribution is 5.78. The number of halogens is 1. The van der Waals surface area contributed by atoms with Crippen LogP contribution >= 0.6 is 0 Å². The van der Waals surface area contributed by atoms with Crippen molar-refractivity contribution in [1.29, 1.82) is 0 Å². The predicted molar refractivity (Wildman–Crippen MR) is 81.5 cm³/mol. The number of benzene rings is 2. The third-order valence-corrected chi connectivity index (χ3v) is 3.25. The number of rotatable bonds is 6. The van der Waals surface area contributed by atoms with E-state index in [1.165, 1.54) is 12.1 Å². The Hall–Kier alpha value is -2.56. The van der Waals surface area contributed by atoms with E-state index in [0.29, 0.717) is 18.0 Å². The first-order chi connectivity index (χ1) is 10.6. The minimum Gasteiger partial charge on any atom is -0.497 e. The van der Waals surface area contributed by atoms with Crippen molar-refractivity contribution in [2.45, 2.75) is 13.0 Å². The van der Waals surface area contributed by atoms with Gasteiger partial charge >= 0.3 is 0 Å². The number of hydrogen-bond acceptors (Lipinski definition) is 3. The van der Waals surface area contributed by atoms with Gasteiger partial charge in [-0.1, -0.05) is 12.1 Å². The third kappa shape index (κ3) is 4.22. The van der Waals surface area contributed by atoms with E-state index in [2.05, 4.69) is 5.32 Å². The summed E-state index contributed by atoms with van der Waals surface area (Å²) in [6.07, 6.45) is 0.207. The highest BCUT2D eigenvalue weighted by Crippen LogP contribution is 2.24. The van der Waals surface area contributed by atoms with Crippen LogP contribution in [0.15, 0.2) is 42.5 Å². The fourth-order valence-corrected chi connectivity index (χ4v) is 2.04. The number of methoxy groups -OCH3 is 2. The van der Waals surface area contributed by atoms with Crippen LogP contribution in [-0.4, -0.2) is 20.1 Å². The second kappa shape index (κ2) is 7.45. The SMILES string of the molecule is COc1ccc(CNC(=O)Cc2ccc(F)cc2)c(OC)c1. The maximum atomic E-state index is 12.8. The topological polar surface area (TPSA) is 47.6 Å². The van der Waals surface area contributed by atoms with Crippen LogP contribution in [0.3, 0.4) is 0 Å². The summed E-state index contributed by atoms with van der Waals surface area (Å²) in [7, 11) is 3.15. The Morgan fingerprint density at radius 2 is 1.82 bits per heavy atom. The maximum Gasteiger partial charge on any atom is 0.224 e. The Morgan fingerprint density at radius 3 is 2.45 bits per heavy atom. The van der Waals surface area contributed by atoms with Gasteiger partial charge < -0.3 is 14.8 Å². The smallest absolute Gasteiger partial charge is 0.224 e. The summed E-state index contributed by atoms with van der Waals surface area (Å²) < 4.78 is 23.2. The lowest BCUT2D eigenvalue weighted by Crippen LogP contribution is -2.24. The van der Waals surface area contributed by atoms with Crippen LogP contribution in [-0.2, 0) is 17.8 Å². The van der Waals surface area contributed by atoms with E-state index in [-0.39, 0.29) is 18.1 Å². The molecule has 22 heavy (non-hydrogen) atoms. The number of ether oxygens (including phenoxy) is 2. The van der Waals surface area contributed by atoms with Gasteiger partial charge in [-0.2, -0.15) is 0 Å². The molecule has 0 aliphatic rings. The molecule has 0 unspecified atom stereocenters. The van der Waals surface area contributed by atoms with E-state index in [9.17, 15) is 9.18 Å². The highest BCUT2D eigenvalue weighted by Gasteiger charge is 2.08. The molecular weight excluding hydrogens is 285 g/mol. The predicted octanol–water partition coefficient (Wildman–Crippen LogP) is 2.70. The zero-order chi connectivity index (χ0) is 15.9. The molecule has 0 saturated heterocycles. The van der Waals surface area contributed by atoms with Gasteiger partial charge in [0.2, 0.25) is 5.91 Å². The fraction of sp³-hybridized carbons (Fsp3) is 0.235. The quantitative estimate of drug-likeness (QED) is 0.892. The van der Waals surface area contributed by atoms with E-state index in [4.69, 9.17) is 9.47 Å². The molecule has 5 heteroatoms. The molecule has 1 amide bonds. The molecule has 0 fully saturated rings. The number of carbonyl (C=O) groups is 1. The third-order valence-electron chi connectivity index (χ3n) is 3.25. The molecule has 0 aliphatic heterocycles. The number of carbonyl (C=O) groups excluding carboxylic acids is 1. The van der Waals surface area contributed by atoms with Gasteiger partial charge in [-0.05, 0) is 29.8 Å². The molecule has 0 atom stereocenters. The normalized spacial score (nSPS) is 10.1. The molecule has 0 aromatic heterocycles. The van der Waals surface area contributed by atoms with Gasteiger partial charge in [0.05, 0.1) is 20.6 Å². The molecule has 4 nitrogen and oxygen atoms in total. The molecule has 2 aromatic rings. The van der Waals surface area contributed by atoms with Crippen LogP contribution in [0.2, 0.25) is 0 Å². The van der Waals surface area contributed by atoms with Crippen molar-refractivity contribution in [3.63, 3.8) is 0 Å². The molecule has 0 aliphatic carbocycles. The van der Waals surface area contributed by atoms with Crippen molar-refractivity contribution in [1.82, 2.24) is 5.32 Å². The first-order valence-electron chi connectivity index (χ1n) is 6.84. The molecule has 0 heterocycles. The van der Waals surface area contributed by atoms with E-state index in [0.717, 1.165) is 11.1 Å². The minimum absolute atomic E-state index is 0.135. The van der Waals surface area contributed by atoms with Crippen LogP contribution in [0.5, 0.6) is 11.5 Å². The molecular formula is C17H18FNO3. The Labute approximate surface area is 128 Å². The van der Waals surface area contributed by atoms with Gasteiger partial charge in [0.15, 0.2) is 0 Å². The lowest BCUT2D eigenvalue weighted by Gasteiger charge is -2.11. The van der Waals surface area contributed by atoms with E-state index < -0.39 is 0 Å². The fourth-order valence-electron chi connectivity index (χ4n) is 2.04. The van der Waals surface area contributed by atoms with Crippen LogP contribution in [0, 0.1) is 5.82 Å². The van der Waals surface area contributed by atoms with Crippen LogP contribution in [0.25, 0.3) is 0 Å². The van der Waals surface area contributed by atoms with E-state index in [1.54, 1.807) is 32.4 Å². The average Bonchev–Trinajstić information content (AvgIpc) is 2.55. The Balaban J connectivity index is 1.94. The highest BCUT2D eigenvalue weighted by atomic mass is 19.1. The Kier molecular flexibility index (Phi) is 5.36. The zero-order valence-corrected chi connectivity index (χ0v) is 12.6. The molecule has 0 bridgehead atoms. The summed E-state index contributed by atoms with van der Waals surface area (Å²) in [5.74, 6) is 0.899. The number of amides is 1. The van der Waals surface area contributed by atoms with Crippen molar-refractivity contribution < 1.29 is 18.7 Å². The monoisotopic (exact) mass is 303 g/mol. The molecule has 1 N–H and O–H groups in total. The summed E-state index contributed by atoms with van der Waals surface area (Å²) in [6.45, 7) is 0.354. The van der Waals surface area contributed by atoms with Crippen molar-refractivity contribution in [2.75, 3.05) is 14.2 Å². The molecule has 0 spiro atoms. The summed E-state index contributed by atoms with van der Waals surface area (Å²) in [5.41, 5.74) is 1.62. The molecule has 0 radical (unpaired) electrons. The number of nitrogens with one attached hydrogen (secondary N) is 1. The Bertz CT molecular complexity index is 641. The zero-order valence-electron chi connectivity index (χ0n) is 12.6. The summed E-state index contributed by atoms with van der Waals surface area (Å²) >= 11 is 0. The number of hydrogen-bond donors (Lipinski definition) is 1. The lowest BCUT2D eigenvalue weighted by atomic mass is 10.1. The molecule has 0 saturated carbocycles. The molecule has 2 aromatic carbocycles. The van der Waals surface area contributed by atoms with Gasteiger partial charge in [0.25, 0.3) is 0 Å². The Morgan fingerprint density at radius 1 is 1.09 bits per heavy atom. The second-order valence-electron chi connectivity index (χ2n) is 4.76. The second-order valence-corrected chi connectivity index (χ2v) is 4.76. The van der Waals surface area contributed by atoms with Crippen LogP contribution in [0.1, 0.15) is 11.1 Å². The summed E-state index contributed by atoms with van der Waals surface area (Å²) in [4.78, 5) is 11.9. The average molecular weight is 303 g/mol. The van der Waals surface area contributed by atoms with Crippen molar-refractivity contribution in [3.8, 4) is 11.5 Å². The van der Waals surface area contributed by atoms with E-state index >= 15 is 0 Å². The van der Waals surface area contributed by atoms with Gasteiger partial charge in [0.1, 0.15) is 17.3 Å². The van der Waals surface area contributed by atoms with Gasteiger partial charge in [-0.3, -0.25) is 4.79 Å². The maximum absolute atomic E-state index is 12.8. The van der Waals surface area contributed by atoms with Crippen molar-refractivity contribution >= 4 is 5.91 Å². The summed E-state index contributed by atoms with van der Waals surface area (Å²) in [5, 5.41) is 2.82. The van der Waals surface area contributed by atoms with Gasteiger partial charge in [0, 0.05) is 18.2 Å². The van der Waals surface area contributed by atoms with Crippen molar-refractivity contribution in [2.24, 2.45) is 0 Å². The minimum atomic E-state index is -0.313. The first kappa shape index (κ1) is 15.8. The standard InChI is InChI=1S/C17H18FNO3/c1-21-15-8-5-13(16(10-15)22-2)11-19-17(20)9-12-3-6-14(18)7-4-12/h3-8,10H,9,11H2,1-2H3,(H,19,20). The van der Waals surface area contributed by atoms with Crippen LogP contribution < -0.4 is 14.8 Å². The van der Waals surface area contributed by atoms with E-state index in [1.807, 2.05) is 12.1 Å². The largest absolute Gasteiger partial charge is 0.497 e.